The van der Waals surface area contributed by atoms with Crippen LogP contribution < -0.4 is 0 Å². The molecule has 17 heavy (non-hydrogen) atoms. The fraction of sp³-hybridized carbons (Fsp3) is 0.571. The van der Waals surface area contributed by atoms with E-state index in [9.17, 15) is 0 Å². The number of hydrogen-bond acceptors (Lipinski definition) is 2. The molecule has 0 amide bonds. The minimum absolute atomic E-state index is 0.204. The predicted molar refractivity (Wildman–Crippen MR) is 68.5 cm³/mol. The Morgan fingerprint density at radius 3 is 2.71 bits per heavy atom. The van der Waals surface area contributed by atoms with Gasteiger partial charge in [-0.05, 0) is 26.3 Å². The lowest BCUT2D eigenvalue weighted by molar-refractivity contribution is 0.472. The first-order valence-electron chi connectivity index (χ1n) is 6.27. The first-order valence-corrected chi connectivity index (χ1v) is 6.27. The van der Waals surface area contributed by atoms with Crippen molar-refractivity contribution in [3.63, 3.8) is 0 Å². The summed E-state index contributed by atoms with van der Waals surface area (Å²) in [6.45, 7) is 11.1. The summed E-state index contributed by atoms with van der Waals surface area (Å²) in [7, 11) is 0. The molecule has 0 N–H and O–H groups in total. The molecule has 1 unspecified atom stereocenters. The molecule has 0 aliphatic heterocycles. The van der Waals surface area contributed by atoms with Gasteiger partial charge in [0.25, 0.3) is 0 Å². The van der Waals surface area contributed by atoms with E-state index in [1.807, 2.05) is 6.92 Å². The number of hydrogen-bond donors (Lipinski definition) is 0. The molecule has 0 saturated carbocycles. The van der Waals surface area contributed by atoms with Gasteiger partial charge in [-0.15, -0.1) is 0 Å². The van der Waals surface area contributed by atoms with Crippen molar-refractivity contribution in [3.05, 3.63) is 28.8 Å². The number of aryl methyl sites for hydroxylation is 2. The Labute approximate surface area is 102 Å². The van der Waals surface area contributed by atoms with Gasteiger partial charge >= 0.3 is 0 Å². The molecule has 2 aromatic rings. The third kappa shape index (κ3) is 1.34. The van der Waals surface area contributed by atoms with Crippen LogP contribution in [0.25, 0.3) is 5.78 Å². The van der Waals surface area contributed by atoms with Crippen molar-refractivity contribution >= 4 is 5.78 Å². The van der Waals surface area contributed by atoms with E-state index in [4.69, 9.17) is 4.98 Å². The molecule has 0 saturated heterocycles. The molecule has 0 radical (unpaired) electrons. The average Bonchev–Trinajstić information content (AvgIpc) is 2.64. The summed E-state index contributed by atoms with van der Waals surface area (Å²) >= 11 is 0. The van der Waals surface area contributed by atoms with Gasteiger partial charge in [-0.25, -0.2) is 9.97 Å². The monoisotopic (exact) mass is 229 g/mol. The normalized spacial score (nSPS) is 22.1. The maximum Gasteiger partial charge on any atom is 0.234 e. The van der Waals surface area contributed by atoms with Gasteiger partial charge in [-0.3, -0.25) is 4.40 Å². The minimum Gasteiger partial charge on any atom is -0.285 e. The Morgan fingerprint density at radius 1 is 1.29 bits per heavy atom. The van der Waals surface area contributed by atoms with Crippen LogP contribution >= 0.6 is 0 Å². The molecule has 2 heterocycles. The SMILES string of the molecule is Cc1cc(C)n2c3c(nc2n1)C(C)CC3(C)C. The molecule has 90 valence electrons. The maximum atomic E-state index is 4.74. The van der Waals surface area contributed by atoms with E-state index in [-0.39, 0.29) is 5.41 Å². The van der Waals surface area contributed by atoms with Gasteiger partial charge in [0, 0.05) is 22.7 Å². The highest BCUT2D eigenvalue weighted by Crippen LogP contribution is 2.45. The second kappa shape index (κ2) is 3.09. The Balaban J connectivity index is 2.43. The molecule has 1 aliphatic carbocycles. The highest BCUT2D eigenvalue weighted by molar-refractivity contribution is 5.46. The number of rotatable bonds is 0. The molecule has 3 heteroatoms. The zero-order chi connectivity index (χ0) is 12.4. The third-order valence-corrected chi connectivity index (χ3v) is 3.86. The molecule has 3 nitrogen and oxygen atoms in total. The summed E-state index contributed by atoms with van der Waals surface area (Å²) < 4.78 is 2.24. The van der Waals surface area contributed by atoms with Crippen molar-refractivity contribution in [3.8, 4) is 0 Å². The van der Waals surface area contributed by atoms with E-state index in [1.54, 1.807) is 0 Å². The molecule has 3 rings (SSSR count). The van der Waals surface area contributed by atoms with E-state index in [0.29, 0.717) is 5.92 Å². The number of nitrogens with zero attached hydrogens (tertiary/aromatic N) is 3. The van der Waals surface area contributed by atoms with Crippen molar-refractivity contribution in [2.75, 3.05) is 0 Å². The zero-order valence-electron chi connectivity index (χ0n) is 11.2. The van der Waals surface area contributed by atoms with E-state index >= 15 is 0 Å². The molecule has 0 spiro atoms. The van der Waals surface area contributed by atoms with Crippen LogP contribution in [-0.4, -0.2) is 14.4 Å². The van der Waals surface area contributed by atoms with Gasteiger partial charge in [0.2, 0.25) is 5.78 Å². The molecule has 0 aromatic carbocycles. The Kier molecular flexibility index (Phi) is 1.96. The van der Waals surface area contributed by atoms with E-state index in [0.717, 1.165) is 11.5 Å². The Hall–Kier alpha value is -1.38. The van der Waals surface area contributed by atoms with E-state index < -0.39 is 0 Å². The number of imidazole rings is 1. The molecular weight excluding hydrogens is 210 g/mol. The number of aromatic nitrogens is 3. The first kappa shape index (κ1) is 10.8. The van der Waals surface area contributed by atoms with E-state index in [2.05, 4.69) is 43.1 Å². The lowest BCUT2D eigenvalue weighted by atomic mass is 9.89. The molecular formula is C14H19N3. The second-order valence-corrected chi connectivity index (χ2v) is 6.01. The molecule has 1 aliphatic rings. The smallest absolute Gasteiger partial charge is 0.234 e. The van der Waals surface area contributed by atoms with Crippen LogP contribution in [0.5, 0.6) is 0 Å². The highest BCUT2D eigenvalue weighted by atomic mass is 15.1. The van der Waals surface area contributed by atoms with Gasteiger partial charge in [-0.2, -0.15) is 0 Å². The summed E-state index contributed by atoms with van der Waals surface area (Å²) in [5.41, 5.74) is 5.10. The fourth-order valence-electron chi connectivity index (χ4n) is 3.34. The largest absolute Gasteiger partial charge is 0.285 e. The van der Waals surface area contributed by atoms with Crippen LogP contribution in [0.3, 0.4) is 0 Å². The van der Waals surface area contributed by atoms with Crippen LogP contribution in [0, 0.1) is 13.8 Å². The van der Waals surface area contributed by atoms with Crippen LogP contribution in [0.15, 0.2) is 6.07 Å². The standard InChI is InChI=1S/C14H19N3/c1-8-7-14(4,5)12-11(8)16-13-15-9(2)6-10(3)17(12)13/h6,8H,7H2,1-5H3. The molecule has 0 bridgehead atoms. The van der Waals surface area contributed by atoms with Crippen molar-refractivity contribution < 1.29 is 0 Å². The van der Waals surface area contributed by atoms with E-state index in [1.165, 1.54) is 23.5 Å². The van der Waals surface area contributed by atoms with Crippen LogP contribution in [0.4, 0.5) is 0 Å². The number of fused-ring (bicyclic) bond motifs is 3. The summed E-state index contributed by atoms with van der Waals surface area (Å²) in [6, 6.07) is 2.13. The van der Waals surface area contributed by atoms with Crippen molar-refractivity contribution in [2.45, 2.75) is 52.4 Å². The maximum absolute atomic E-state index is 4.74. The van der Waals surface area contributed by atoms with Crippen LogP contribution in [0.1, 0.15) is 55.9 Å². The van der Waals surface area contributed by atoms with Crippen LogP contribution in [-0.2, 0) is 5.41 Å². The van der Waals surface area contributed by atoms with Gasteiger partial charge in [-0.1, -0.05) is 20.8 Å². The lowest BCUT2D eigenvalue weighted by Gasteiger charge is -2.20. The molecule has 2 aromatic heterocycles. The van der Waals surface area contributed by atoms with Crippen LogP contribution in [0.2, 0.25) is 0 Å². The van der Waals surface area contributed by atoms with Crippen molar-refractivity contribution in [1.82, 2.24) is 14.4 Å². The lowest BCUT2D eigenvalue weighted by Crippen LogP contribution is -2.17. The summed E-state index contributed by atoms with van der Waals surface area (Å²) in [5.74, 6) is 1.41. The zero-order valence-corrected chi connectivity index (χ0v) is 11.2. The quantitative estimate of drug-likeness (QED) is 0.694. The van der Waals surface area contributed by atoms with Gasteiger partial charge in [0.15, 0.2) is 0 Å². The summed E-state index contributed by atoms with van der Waals surface area (Å²) in [4.78, 5) is 9.30. The fourth-order valence-corrected chi connectivity index (χ4v) is 3.34. The van der Waals surface area contributed by atoms with Gasteiger partial charge < -0.3 is 0 Å². The van der Waals surface area contributed by atoms with Gasteiger partial charge in [0.1, 0.15) is 0 Å². The summed E-state index contributed by atoms with van der Waals surface area (Å²) in [5, 5.41) is 0. The first-order chi connectivity index (χ1) is 7.90. The van der Waals surface area contributed by atoms with Crippen molar-refractivity contribution in [2.24, 2.45) is 0 Å². The Morgan fingerprint density at radius 2 is 2.00 bits per heavy atom. The Bertz CT molecular complexity index is 607. The highest BCUT2D eigenvalue weighted by Gasteiger charge is 2.39. The second-order valence-electron chi connectivity index (χ2n) is 6.01. The minimum atomic E-state index is 0.204. The van der Waals surface area contributed by atoms with Crippen molar-refractivity contribution in [1.29, 1.82) is 0 Å². The third-order valence-electron chi connectivity index (χ3n) is 3.86. The average molecular weight is 229 g/mol. The summed E-state index contributed by atoms with van der Waals surface area (Å²) in [6.07, 6.45) is 1.18. The predicted octanol–water partition coefficient (Wildman–Crippen LogP) is 3.13. The molecule has 1 atom stereocenters. The van der Waals surface area contributed by atoms with Gasteiger partial charge in [0.05, 0.1) is 11.4 Å². The molecule has 0 fully saturated rings. The topological polar surface area (TPSA) is 30.2 Å².